The number of halogens is 3. The maximum Gasteiger partial charge on any atom is 0.508 e. The number of amides is 1. The third kappa shape index (κ3) is 4.23. The minimum absolute atomic E-state index is 0.278. The topological polar surface area (TPSA) is 82.1 Å². The Morgan fingerprint density at radius 2 is 1.96 bits per heavy atom. The molecule has 4 atom stereocenters. The second-order valence-corrected chi connectivity index (χ2v) is 10.6. The Hall–Kier alpha value is -0.570. The lowest BCUT2D eigenvalue weighted by molar-refractivity contribution is -0.170. The van der Waals surface area contributed by atoms with Crippen LogP contribution in [0.3, 0.4) is 0 Å². The summed E-state index contributed by atoms with van der Waals surface area (Å²) in [5.74, 6) is -1.33. The van der Waals surface area contributed by atoms with Gasteiger partial charge in [-0.05, 0) is 20.8 Å². The van der Waals surface area contributed by atoms with E-state index in [9.17, 15) is 14.4 Å². The molecule has 2 unspecified atom stereocenters. The largest absolute Gasteiger partial charge is 0.508 e. The van der Waals surface area contributed by atoms with Gasteiger partial charge in [0.15, 0.2) is 0 Å². The highest BCUT2D eigenvalue weighted by atomic mass is 35.6. The summed E-state index contributed by atoms with van der Waals surface area (Å²) in [7, 11) is 1.28. The smallest absolute Gasteiger partial charge is 0.467 e. The van der Waals surface area contributed by atoms with Crippen LogP contribution in [0.5, 0.6) is 0 Å². The van der Waals surface area contributed by atoms with Crippen LogP contribution in [0.4, 0.5) is 4.79 Å². The van der Waals surface area contributed by atoms with Gasteiger partial charge in [-0.25, -0.2) is 9.59 Å². The van der Waals surface area contributed by atoms with E-state index in [-0.39, 0.29) is 11.3 Å². The highest BCUT2D eigenvalue weighted by Crippen LogP contribution is 2.54. The lowest BCUT2D eigenvalue weighted by Gasteiger charge is -2.45. The third-order valence-corrected chi connectivity index (χ3v) is 5.97. The minimum Gasteiger partial charge on any atom is -0.467 e. The van der Waals surface area contributed by atoms with E-state index < -0.39 is 45.3 Å². The van der Waals surface area contributed by atoms with Crippen LogP contribution in [0.15, 0.2) is 0 Å². The molecule has 0 aliphatic carbocycles. The number of rotatable bonds is 4. The van der Waals surface area contributed by atoms with Crippen molar-refractivity contribution in [1.29, 1.82) is 0 Å². The van der Waals surface area contributed by atoms with Crippen LogP contribution < -0.4 is 0 Å². The number of nitrogens with zero attached hydrogens (tertiary/aromatic N) is 1. The fourth-order valence-corrected chi connectivity index (χ4v) is 4.91. The van der Waals surface area contributed by atoms with Crippen molar-refractivity contribution in [3.8, 4) is 0 Å². The number of methoxy groups -OCH3 is 1. The lowest BCUT2D eigenvalue weighted by atomic mass is 9.88. The predicted octanol–water partition coefficient (Wildman–Crippen LogP) is 2.75. The first kappa shape index (κ1) is 20.7. The van der Waals surface area contributed by atoms with Crippen molar-refractivity contribution in [1.82, 2.24) is 4.90 Å². The van der Waals surface area contributed by atoms with E-state index in [0.717, 1.165) is 0 Å². The van der Waals surface area contributed by atoms with Crippen molar-refractivity contribution < 1.29 is 28.6 Å². The van der Waals surface area contributed by atoms with Crippen LogP contribution in [-0.2, 0) is 23.8 Å². The fraction of sp³-hybridized carbons (Fsp3) is 0.786. The number of carbonyl (C=O) groups is 3. The summed E-state index contributed by atoms with van der Waals surface area (Å²) in [6.45, 7) is 4.84. The molecule has 7 nitrogen and oxygen atoms in total. The average Bonchev–Trinajstić information content (AvgIpc) is 2.71. The Morgan fingerprint density at radius 1 is 1.36 bits per heavy atom. The molecule has 0 saturated carbocycles. The summed E-state index contributed by atoms with van der Waals surface area (Å²) >= 11 is 17.9. The van der Waals surface area contributed by atoms with Gasteiger partial charge in [-0.1, -0.05) is 34.8 Å². The van der Waals surface area contributed by atoms with Gasteiger partial charge in [-0.2, -0.15) is 0 Å². The molecule has 2 aliphatic rings. The van der Waals surface area contributed by atoms with Crippen molar-refractivity contribution in [2.45, 2.75) is 46.8 Å². The number of thioether (sulfide) groups is 1. The van der Waals surface area contributed by atoms with E-state index in [4.69, 9.17) is 49.0 Å². The molecular weight excluding hydrogens is 417 g/mol. The molecule has 0 aromatic rings. The average molecular weight is 435 g/mol. The zero-order valence-corrected chi connectivity index (χ0v) is 17.0. The molecule has 0 N–H and O–H groups in total. The number of hydrogen-bond acceptors (Lipinski definition) is 7. The molecule has 2 aliphatic heterocycles. The van der Waals surface area contributed by atoms with E-state index in [1.807, 2.05) is 13.8 Å². The Morgan fingerprint density at radius 3 is 2.48 bits per heavy atom. The molecule has 0 spiro atoms. The number of β-lactam (4-membered cyclic amide) rings is 1. The summed E-state index contributed by atoms with van der Waals surface area (Å²) in [6.07, 6.45) is -1.78. The van der Waals surface area contributed by atoms with Crippen molar-refractivity contribution in [2.75, 3.05) is 13.7 Å². The van der Waals surface area contributed by atoms with Gasteiger partial charge >= 0.3 is 12.1 Å². The second kappa shape index (κ2) is 7.21. The van der Waals surface area contributed by atoms with Gasteiger partial charge in [0.25, 0.3) is 0 Å². The van der Waals surface area contributed by atoms with E-state index in [1.54, 1.807) is 6.92 Å². The van der Waals surface area contributed by atoms with Crippen molar-refractivity contribution in [3.63, 3.8) is 0 Å². The molecule has 0 aromatic heterocycles. The molecule has 25 heavy (non-hydrogen) atoms. The van der Waals surface area contributed by atoms with E-state index in [1.165, 1.54) is 23.8 Å². The molecular formula is C14H18Cl3NO6S. The predicted molar refractivity (Wildman–Crippen MR) is 93.8 cm³/mol. The molecule has 11 heteroatoms. The normalized spacial score (nSPS) is 28.7. The molecule has 2 saturated heterocycles. The van der Waals surface area contributed by atoms with E-state index in [2.05, 4.69) is 0 Å². The Balaban J connectivity index is 2.00. The van der Waals surface area contributed by atoms with Gasteiger partial charge in [-0.3, -0.25) is 4.79 Å². The summed E-state index contributed by atoms with van der Waals surface area (Å²) in [6, 6.07) is -0.681. The fourth-order valence-electron chi connectivity index (χ4n) is 2.97. The van der Waals surface area contributed by atoms with Gasteiger partial charge in [-0.15, -0.1) is 11.8 Å². The first-order valence-electron chi connectivity index (χ1n) is 7.37. The Kier molecular flexibility index (Phi) is 5.98. The summed E-state index contributed by atoms with van der Waals surface area (Å²) < 4.78 is 12.3. The molecule has 1 amide bonds. The van der Waals surface area contributed by atoms with Crippen LogP contribution in [0.2, 0.25) is 0 Å². The van der Waals surface area contributed by atoms with Crippen LogP contribution in [0.25, 0.3) is 0 Å². The van der Waals surface area contributed by atoms with E-state index in [0.29, 0.717) is 0 Å². The monoisotopic (exact) mass is 433 g/mol. The highest BCUT2D eigenvalue weighted by molar-refractivity contribution is 8.01. The van der Waals surface area contributed by atoms with Gasteiger partial charge < -0.3 is 19.1 Å². The van der Waals surface area contributed by atoms with Crippen molar-refractivity contribution in [3.05, 3.63) is 0 Å². The zero-order chi connectivity index (χ0) is 19.2. The molecule has 0 aromatic carbocycles. The van der Waals surface area contributed by atoms with Crippen LogP contribution in [0, 0.1) is 5.92 Å². The zero-order valence-electron chi connectivity index (χ0n) is 14.0. The summed E-state index contributed by atoms with van der Waals surface area (Å²) in [5, 5.41) is -0.289. The summed E-state index contributed by atoms with van der Waals surface area (Å²) in [5.41, 5.74) is 0. The molecule has 142 valence electrons. The first-order valence-corrected chi connectivity index (χ1v) is 9.38. The maximum absolute atomic E-state index is 12.5. The second-order valence-electron chi connectivity index (χ2n) is 6.29. The Labute approximate surface area is 164 Å². The molecule has 2 fully saturated rings. The summed E-state index contributed by atoms with van der Waals surface area (Å²) in [4.78, 5) is 37.7. The molecule has 0 bridgehead atoms. The third-order valence-electron chi connectivity index (χ3n) is 4.05. The van der Waals surface area contributed by atoms with Gasteiger partial charge in [0, 0.05) is 4.75 Å². The first-order chi connectivity index (χ1) is 11.4. The van der Waals surface area contributed by atoms with E-state index >= 15 is 0 Å². The van der Waals surface area contributed by atoms with Crippen molar-refractivity contribution >= 4 is 64.6 Å². The van der Waals surface area contributed by atoms with Gasteiger partial charge in [0.2, 0.25) is 9.70 Å². The number of fused-ring (bicyclic) bond motifs is 1. The number of hydrogen-bond donors (Lipinski definition) is 0. The number of carbonyl (C=O) groups excluding carboxylic acids is 3. The number of alkyl halides is 3. The number of ether oxygens (including phenoxy) is 3. The quantitative estimate of drug-likeness (QED) is 0.382. The highest BCUT2D eigenvalue weighted by Gasteiger charge is 2.65. The molecule has 2 rings (SSSR count). The van der Waals surface area contributed by atoms with Gasteiger partial charge in [0.1, 0.15) is 24.7 Å². The van der Waals surface area contributed by atoms with Gasteiger partial charge in [0.05, 0.1) is 12.5 Å². The molecule has 0 radical (unpaired) electrons. The minimum atomic E-state index is -1.75. The molecule has 2 heterocycles. The standard InChI is InChI=1S/C14H18Cl3NO6S/c1-6(24-12(21)23-5-14(15,16)17)7-9(19)18-8(11(20)22-4)13(2,3)25-10(7)18/h6-8,10H,5H2,1-4H3/t6?,7?,8-,10+/m0/s1. The Bertz CT molecular complexity index is 581. The van der Waals surface area contributed by atoms with Crippen molar-refractivity contribution in [2.24, 2.45) is 5.92 Å². The maximum atomic E-state index is 12.5. The SMILES string of the molecule is COC(=O)[C@@H]1N2C(=O)C(C(C)OC(=O)OCC(Cl)(Cl)Cl)[C@H]2SC1(C)C. The van der Waals surface area contributed by atoms with Crippen LogP contribution in [-0.4, -0.2) is 62.7 Å². The lowest BCUT2D eigenvalue weighted by Crippen LogP contribution is -2.65. The van der Waals surface area contributed by atoms with Crippen LogP contribution >= 0.6 is 46.6 Å². The number of esters is 1. The van der Waals surface area contributed by atoms with Crippen LogP contribution in [0.1, 0.15) is 20.8 Å².